The second kappa shape index (κ2) is 3.75. The second-order valence-corrected chi connectivity index (χ2v) is 4.16. The fourth-order valence-corrected chi connectivity index (χ4v) is 2.47. The van der Waals surface area contributed by atoms with Crippen molar-refractivity contribution in [3.05, 3.63) is 0 Å². The number of aliphatic hydroxyl groups excluding tert-OH is 1. The van der Waals surface area contributed by atoms with Crippen LogP contribution in [0.15, 0.2) is 0 Å². The molecule has 0 aromatic rings. The standard InChI is InChI=1S/C10H18O2/c11-9-6-10(12-7-9)8-4-2-1-3-5-8/h8-11H,1-7H2/t9-,10-/m1/s1. The molecule has 2 heteroatoms. The van der Waals surface area contributed by atoms with Crippen LogP contribution >= 0.6 is 0 Å². The van der Waals surface area contributed by atoms with Gasteiger partial charge in [-0.25, -0.2) is 0 Å². The fraction of sp³-hybridized carbons (Fsp3) is 1.00. The van der Waals surface area contributed by atoms with Crippen LogP contribution in [-0.4, -0.2) is 23.9 Å². The molecule has 0 amide bonds. The lowest BCUT2D eigenvalue weighted by atomic mass is 9.84. The van der Waals surface area contributed by atoms with E-state index in [1.807, 2.05) is 0 Å². The highest BCUT2D eigenvalue weighted by molar-refractivity contribution is 4.81. The molecule has 1 saturated carbocycles. The van der Waals surface area contributed by atoms with Gasteiger partial charge in [-0.2, -0.15) is 0 Å². The topological polar surface area (TPSA) is 29.5 Å². The van der Waals surface area contributed by atoms with E-state index in [9.17, 15) is 5.11 Å². The van der Waals surface area contributed by atoms with Crippen LogP contribution in [-0.2, 0) is 4.74 Å². The van der Waals surface area contributed by atoms with Crippen LogP contribution in [0.1, 0.15) is 38.5 Å². The van der Waals surface area contributed by atoms with E-state index in [0.29, 0.717) is 12.7 Å². The zero-order chi connectivity index (χ0) is 8.39. The summed E-state index contributed by atoms with van der Waals surface area (Å²) in [6.07, 6.45) is 7.82. The Bertz CT molecular complexity index is 138. The van der Waals surface area contributed by atoms with Crippen molar-refractivity contribution in [2.75, 3.05) is 6.61 Å². The van der Waals surface area contributed by atoms with Crippen molar-refractivity contribution in [2.24, 2.45) is 5.92 Å². The number of rotatable bonds is 1. The van der Waals surface area contributed by atoms with Crippen molar-refractivity contribution >= 4 is 0 Å². The Kier molecular flexibility index (Phi) is 2.66. The van der Waals surface area contributed by atoms with Gasteiger partial charge in [0.1, 0.15) is 0 Å². The maximum atomic E-state index is 9.31. The summed E-state index contributed by atoms with van der Waals surface area (Å²) in [5.74, 6) is 0.746. The van der Waals surface area contributed by atoms with E-state index in [2.05, 4.69) is 0 Å². The van der Waals surface area contributed by atoms with Gasteiger partial charge in [0, 0.05) is 6.42 Å². The van der Waals surface area contributed by atoms with Crippen LogP contribution in [0.3, 0.4) is 0 Å². The molecule has 2 fully saturated rings. The highest BCUT2D eigenvalue weighted by Crippen LogP contribution is 2.32. The van der Waals surface area contributed by atoms with Gasteiger partial charge in [0.25, 0.3) is 0 Å². The normalized spacial score (nSPS) is 38.8. The average molecular weight is 170 g/mol. The first kappa shape index (κ1) is 8.52. The third kappa shape index (κ3) is 1.80. The number of ether oxygens (including phenoxy) is 1. The van der Waals surface area contributed by atoms with E-state index in [1.54, 1.807) is 0 Å². The lowest BCUT2D eigenvalue weighted by molar-refractivity contribution is 0.0413. The summed E-state index contributed by atoms with van der Waals surface area (Å²) in [4.78, 5) is 0. The van der Waals surface area contributed by atoms with E-state index in [4.69, 9.17) is 4.74 Å². The molecule has 2 aliphatic rings. The Morgan fingerprint density at radius 2 is 1.83 bits per heavy atom. The van der Waals surface area contributed by atoms with E-state index in [0.717, 1.165) is 12.3 Å². The molecule has 1 heterocycles. The van der Waals surface area contributed by atoms with Crippen LogP contribution in [0.5, 0.6) is 0 Å². The second-order valence-electron chi connectivity index (χ2n) is 4.16. The first-order chi connectivity index (χ1) is 5.86. The van der Waals surface area contributed by atoms with Gasteiger partial charge in [0.2, 0.25) is 0 Å². The van der Waals surface area contributed by atoms with Crippen molar-refractivity contribution in [1.82, 2.24) is 0 Å². The van der Waals surface area contributed by atoms with Crippen LogP contribution in [0, 0.1) is 5.92 Å². The Morgan fingerprint density at radius 3 is 2.42 bits per heavy atom. The molecule has 70 valence electrons. The van der Waals surface area contributed by atoms with Gasteiger partial charge in [-0.05, 0) is 18.8 Å². The van der Waals surface area contributed by atoms with E-state index >= 15 is 0 Å². The zero-order valence-electron chi connectivity index (χ0n) is 7.54. The number of hydrogen-bond acceptors (Lipinski definition) is 2. The summed E-state index contributed by atoms with van der Waals surface area (Å²) >= 11 is 0. The molecule has 1 aliphatic carbocycles. The minimum atomic E-state index is -0.183. The molecule has 2 nitrogen and oxygen atoms in total. The monoisotopic (exact) mass is 170 g/mol. The molecule has 0 aromatic carbocycles. The van der Waals surface area contributed by atoms with Gasteiger partial charge in [0.15, 0.2) is 0 Å². The van der Waals surface area contributed by atoms with Gasteiger partial charge >= 0.3 is 0 Å². The van der Waals surface area contributed by atoms with Crippen LogP contribution < -0.4 is 0 Å². The Balaban J connectivity index is 1.83. The number of aliphatic hydroxyl groups is 1. The first-order valence-electron chi connectivity index (χ1n) is 5.16. The molecule has 2 rings (SSSR count). The zero-order valence-corrected chi connectivity index (χ0v) is 7.54. The minimum absolute atomic E-state index is 0.183. The maximum absolute atomic E-state index is 9.31. The summed E-state index contributed by atoms with van der Waals surface area (Å²) in [6.45, 7) is 0.571. The van der Waals surface area contributed by atoms with E-state index < -0.39 is 0 Å². The predicted octanol–water partition coefficient (Wildman–Crippen LogP) is 1.72. The van der Waals surface area contributed by atoms with Crippen molar-refractivity contribution < 1.29 is 9.84 Å². The molecule has 0 spiro atoms. The molecule has 1 aliphatic heterocycles. The Hall–Kier alpha value is -0.0800. The maximum Gasteiger partial charge on any atom is 0.0798 e. The molecule has 0 aromatic heterocycles. The van der Waals surface area contributed by atoms with Crippen molar-refractivity contribution in [1.29, 1.82) is 0 Å². The molecular weight excluding hydrogens is 152 g/mol. The third-order valence-electron chi connectivity index (χ3n) is 3.18. The molecule has 0 bridgehead atoms. The van der Waals surface area contributed by atoms with Crippen molar-refractivity contribution in [2.45, 2.75) is 50.7 Å². The smallest absolute Gasteiger partial charge is 0.0798 e. The van der Waals surface area contributed by atoms with Gasteiger partial charge in [-0.15, -0.1) is 0 Å². The third-order valence-corrected chi connectivity index (χ3v) is 3.18. The highest BCUT2D eigenvalue weighted by Gasteiger charge is 2.31. The quantitative estimate of drug-likeness (QED) is 0.649. The van der Waals surface area contributed by atoms with E-state index in [1.165, 1.54) is 32.1 Å². The van der Waals surface area contributed by atoms with Crippen LogP contribution in [0.2, 0.25) is 0 Å². The highest BCUT2D eigenvalue weighted by atomic mass is 16.5. The van der Waals surface area contributed by atoms with Gasteiger partial charge in [0.05, 0.1) is 18.8 Å². The lowest BCUT2D eigenvalue weighted by Crippen LogP contribution is -2.22. The molecule has 12 heavy (non-hydrogen) atoms. The predicted molar refractivity (Wildman–Crippen MR) is 46.9 cm³/mol. The molecule has 1 saturated heterocycles. The SMILES string of the molecule is O[C@H]1CO[C@@H](C2CCCCC2)C1. The molecular formula is C10H18O2. The summed E-state index contributed by atoms with van der Waals surface area (Å²) in [7, 11) is 0. The summed E-state index contributed by atoms with van der Waals surface area (Å²) in [5.41, 5.74) is 0. The van der Waals surface area contributed by atoms with Crippen molar-refractivity contribution in [3.63, 3.8) is 0 Å². The molecule has 2 atom stereocenters. The Labute approximate surface area is 73.9 Å². The largest absolute Gasteiger partial charge is 0.391 e. The van der Waals surface area contributed by atoms with Gasteiger partial charge in [-0.1, -0.05) is 19.3 Å². The lowest BCUT2D eigenvalue weighted by Gasteiger charge is -2.26. The summed E-state index contributed by atoms with van der Waals surface area (Å²) in [6, 6.07) is 0. The van der Waals surface area contributed by atoms with Crippen LogP contribution in [0.4, 0.5) is 0 Å². The summed E-state index contributed by atoms with van der Waals surface area (Å²) < 4.78 is 5.55. The molecule has 0 unspecified atom stereocenters. The first-order valence-corrected chi connectivity index (χ1v) is 5.16. The number of hydrogen-bond donors (Lipinski definition) is 1. The van der Waals surface area contributed by atoms with Crippen LogP contribution in [0.25, 0.3) is 0 Å². The van der Waals surface area contributed by atoms with Gasteiger partial charge < -0.3 is 9.84 Å². The fourth-order valence-electron chi connectivity index (χ4n) is 2.47. The molecule has 0 radical (unpaired) electrons. The average Bonchev–Trinajstić information content (AvgIpc) is 2.54. The Morgan fingerprint density at radius 1 is 1.08 bits per heavy atom. The van der Waals surface area contributed by atoms with Crippen molar-refractivity contribution in [3.8, 4) is 0 Å². The summed E-state index contributed by atoms with van der Waals surface area (Å²) in [5, 5.41) is 9.31. The molecule has 1 N–H and O–H groups in total. The van der Waals surface area contributed by atoms with E-state index in [-0.39, 0.29) is 6.10 Å². The van der Waals surface area contributed by atoms with Gasteiger partial charge in [-0.3, -0.25) is 0 Å². The minimum Gasteiger partial charge on any atom is -0.391 e.